The Morgan fingerprint density at radius 1 is 0.938 bits per heavy atom. The molecule has 2 heterocycles. The van der Waals surface area contributed by atoms with Crippen molar-refractivity contribution in [3.05, 3.63) is 58.7 Å². The molecule has 0 spiro atoms. The molecule has 0 aromatic heterocycles. The third-order valence-corrected chi connectivity index (χ3v) is 7.51. The molecule has 2 aliphatic heterocycles. The van der Waals surface area contributed by atoms with Crippen molar-refractivity contribution in [2.45, 2.75) is 52.1 Å². The van der Waals surface area contributed by atoms with Crippen LogP contribution in [0.5, 0.6) is 11.5 Å². The average Bonchev–Trinajstić information content (AvgIpc) is 2.82. The summed E-state index contributed by atoms with van der Waals surface area (Å²) < 4.78 is 11.0. The van der Waals surface area contributed by atoms with Crippen LogP contribution in [0.1, 0.15) is 41.5 Å². The normalized spacial score (nSPS) is 21.4. The first-order chi connectivity index (χ1) is 15.5. The van der Waals surface area contributed by atoms with Gasteiger partial charge in [0.05, 0.1) is 14.2 Å². The van der Waals surface area contributed by atoms with Crippen LogP contribution in [0.2, 0.25) is 0 Å². The first-order valence-electron chi connectivity index (χ1n) is 11.8. The maximum absolute atomic E-state index is 12.8. The Hall–Kier alpha value is -2.53. The van der Waals surface area contributed by atoms with Gasteiger partial charge >= 0.3 is 0 Å². The zero-order valence-electron chi connectivity index (χ0n) is 19.9. The van der Waals surface area contributed by atoms with Crippen LogP contribution in [-0.4, -0.2) is 55.6 Å². The number of hydrogen-bond acceptors (Lipinski definition) is 4. The number of ether oxygens (including phenoxy) is 2. The van der Waals surface area contributed by atoms with E-state index in [2.05, 4.69) is 41.8 Å². The molecule has 2 aliphatic rings. The molecule has 2 atom stereocenters. The minimum absolute atomic E-state index is 0.316. The number of carbonyl (C=O) groups excluding carboxylic acids is 1. The highest BCUT2D eigenvalue weighted by molar-refractivity contribution is 5.77. The van der Waals surface area contributed by atoms with Crippen LogP contribution < -0.4 is 9.47 Å². The topological polar surface area (TPSA) is 42.0 Å². The summed E-state index contributed by atoms with van der Waals surface area (Å²) in [5, 5.41) is 0. The lowest BCUT2D eigenvalue weighted by Gasteiger charge is -2.47. The van der Waals surface area contributed by atoms with Gasteiger partial charge in [0, 0.05) is 38.6 Å². The number of hydrogen-bond donors (Lipinski definition) is 0. The zero-order valence-corrected chi connectivity index (χ0v) is 19.9. The summed E-state index contributed by atoms with van der Waals surface area (Å²) in [5.41, 5.74) is 5.10. The monoisotopic (exact) mass is 436 g/mol. The van der Waals surface area contributed by atoms with Crippen molar-refractivity contribution in [1.82, 2.24) is 9.80 Å². The van der Waals surface area contributed by atoms with E-state index < -0.39 is 0 Å². The van der Waals surface area contributed by atoms with Gasteiger partial charge in [0.15, 0.2) is 0 Å². The number of amides is 1. The van der Waals surface area contributed by atoms with Gasteiger partial charge in [0.2, 0.25) is 5.91 Å². The number of para-hydroxylation sites is 1. The fraction of sp³-hybridized carbons (Fsp3) is 0.519. The number of benzene rings is 2. The lowest BCUT2D eigenvalue weighted by atomic mass is 9.83. The third-order valence-electron chi connectivity index (χ3n) is 7.51. The summed E-state index contributed by atoms with van der Waals surface area (Å²) in [6.07, 6.45) is 3.57. The van der Waals surface area contributed by atoms with Crippen molar-refractivity contribution in [2.75, 3.05) is 33.9 Å². The van der Waals surface area contributed by atoms with E-state index in [4.69, 9.17) is 9.47 Å². The molecule has 0 saturated carbocycles. The molecule has 2 saturated heterocycles. The molecule has 0 unspecified atom stereocenters. The molecule has 32 heavy (non-hydrogen) atoms. The molecule has 2 aromatic carbocycles. The van der Waals surface area contributed by atoms with Crippen LogP contribution in [-0.2, 0) is 17.8 Å². The highest BCUT2D eigenvalue weighted by atomic mass is 16.5. The fourth-order valence-electron chi connectivity index (χ4n) is 5.50. The van der Waals surface area contributed by atoms with Gasteiger partial charge in [-0.05, 0) is 73.4 Å². The second-order valence-electron chi connectivity index (χ2n) is 9.22. The van der Waals surface area contributed by atoms with Crippen LogP contribution in [0.15, 0.2) is 36.4 Å². The third kappa shape index (κ3) is 4.63. The van der Waals surface area contributed by atoms with E-state index in [9.17, 15) is 4.79 Å². The Balaban J connectivity index is 1.40. The Bertz CT molecular complexity index is 958. The van der Waals surface area contributed by atoms with E-state index >= 15 is 0 Å². The SMILES string of the molecule is COc1ccccc1CCN1C(=O)CC[C@@H]2CN(Cc3ccc(OC)c(C)c3C)CC[C@@H]21. The van der Waals surface area contributed by atoms with Crippen LogP contribution in [0.3, 0.4) is 0 Å². The van der Waals surface area contributed by atoms with Crippen LogP contribution >= 0.6 is 0 Å². The van der Waals surface area contributed by atoms with Gasteiger partial charge in [-0.1, -0.05) is 24.3 Å². The zero-order chi connectivity index (χ0) is 22.7. The molecule has 1 amide bonds. The van der Waals surface area contributed by atoms with Crippen molar-refractivity contribution >= 4 is 5.91 Å². The van der Waals surface area contributed by atoms with Gasteiger partial charge in [-0.3, -0.25) is 9.69 Å². The Morgan fingerprint density at radius 2 is 1.72 bits per heavy atom. The summed E-state index contributed by atoms with van der Waals surface area (Å²) in [6.45, 7) is 8.17. The first kappa shape index (κ1) is 22.7. The second kappa shape index (κ2) is 9.95. The number of nitrogens with zero attached hydrogens (tertiary/aromatic N) is 2. The molecule has 5 nitrogen and oxygen atoms in total. The molecule has 0 aliphatic carbocycles. The molecule has 0 N–H and O–H groups in total. The summed E-state index contributed by atoms with van der Waals surface area (Å²) in [4.78, 5) is 17.5. The quantitative estimate of drug-likeness (QED) is 0.646. The molecule has 0 bridgehead atoms. The summed E-state index contributed by atoms with van der Waals surface area (Å²) in [5.74, 6) is 2.74. The minimum atomic E-state index is 0.316. The maximum atomic E-state index is 12.8. The van der Waals surface area contributed by atoms with Gasteiger partial charge in [-0.2, -0.15) is 0 Å². The van der Waals surface area contributed by atoms with E-state index in [-0.39, 0.29) is 0 Å². The molecule has 4 rings (SSSR count). The molecule has 2 aromatic rings. The van der Waals surface area contributed by atoms with Crippen molar-refractivity contribution < 1.29 is 14.3 Å². The Kier molecular flexibility index (Phi) is 7.04. The number of methoxy groups -OCH3 is 2. The highest BCUT2D eigenvalue weighted by Crippen LogP contribution is 2.33. The smallest absolute Gasteiger partial charge is 0.222 e. The number of piperidine rings is 2. The average molecular weight is 437 g/mol. The maximum Gasteiger partial charge on any atom is 0.222 e. The van der Waals surface area contributed by atoms with E-state index in [1.54, 1.807) is 14.2 Å². The van der Waals surface area contributed by atoms with E-state index in [0.29, 0.717) is 24.3 Å². The number of rotatable bonds is 7. The van der Waals surface area contributed by atoms with Crippen LogP contribution in [0, 0.1) is 19.8 Å². The molecular weight excluding hydrogens is 400 g/mol. The van der Waals surface area contributed by atoms with Gasteiger partial charge in [-0.15, -0.1) is 0 Å². The van der Waals surface area contributed by atoms with Crippen molar-refractivity contribution in [3.8, 4) is 11.5 Å². The van der Waals surface area contributed by atoms with Crippen molar-refractivity contribution in [2.24, 2.45) is 5.92 Å². The summed E-state index contributed by atoms with van der Waals surface area (Å²) >= 11 is 0. The number of carbonyl (C=O) groups is 1. The van der Waals surface area contributed by atoms with Gasteiger partial charge in [0.25, 0.3) is 0 Å². The largest absolute Gasteiger partial charge is 0.496 e. The molecule has 2 fully saturated rings. The lowest BCUT2D eigenvalue weighted by molar-refractivity contribution is -0.141. The second-order valence-corrected chi connectivity index (χ2v) is 9.22. The fourth-order valence-corrected chi connectivity index (χ4v) is 5.50. The predicted octanol–water partition coefficient (Wildman–Crippen LogP) is 4.38. The van der Waals surface area contributed by atoms with E-state index in [1.165, 1.54) is 22.3 Å². The van der Waals surface area contributed by atoms with Crippen LogP contribution in [0.25, 0.3) is 0 Å². The molecular formula is C27H36N2O3. The summed E-state index contributed by atoms with van der Waals surface area (Å²) in [7, 11) is 3.44. The van der Waals surface area contributed by atoms with Gasteiger partial charge < -0.3 is 14.4 Å². The Labute approximate surface area is 192 Å². The predicted molar refractivity (Wildman–Crippen MR) is 127 cm³/mol. The van der Waals surface area contributed by atoms with E-state index in [1.807, 2.05) is 18.2 Å². The van der Waals surface area contributed by atoms with Crippen molar-refractivity contribution in [1.29, 1.82) is 0 Å². The number of fused-ring (bicyclic) bond motifs is 1. The highest BCUT2D eigenvalue weighted by Gasteiger charge is 2.39. The van der Waals surface area contributed by atoms with E-state index in [0.717, 1.165) is 56.9 Å². The molecule has 0 radical (unpaired) electrons. The minimum Gasteiger partial charge on any atom is -0.496 e. The van der Waals surface area contributed by atoms with Crippen LogP contribution in [0.4, 0.5) is 0 Å². The molecule has 5 heteroatoms. The van der Waals surface area contributed by atoms with Gasteiger partial charge in [-0.25, -0.2) is 0 Å². The first-order valence-corrected chi connectivity index (χ1v) is 11.8. The standard InChI is InChI=1S/C27H36N2O3/c1-19-20(2)25(31-3)11-9-22(19)17-28-15-14-24-23(18-28)10-12-27(30)29(24)16-13-21-7-5-6-8-26(21)32-4/h5-9,11,23-24H,10,12-18H2,1-4H3/t23-,24+/m1/s1. The lowest BCUT2D eigenvalue weighted by Crippen LogP contribution is -2.56. The molecule has 172 valence electrons. The number of likely N-dealkylation sites (tertiary alicyclic amines) is 2. The van der Waals surface area contributed by atoms with Gasteiger partial charge in [0.1, 0.15) is 11.5 Å². The Morgan fingerprint density at radius 3 is 2.50 bits per heavy atom. The summed E-state index contributed by atoms with van der Waals surface area (Å²) in [6, 6.07) is 12.8. The van der Waals surface area contributed by atoms with Crippen molar-refractivity contribution in [3.63, 3.8) is 0 Å².